The fraction of sp³-hybridized carbons (Fsp3) is 0.214. The van der Waals surface area contributed by atoms with Gasteiger partial charge in [0.25, 0.3) is 0 Å². The first-order valence-electron chi connectivity index (χ1n) is 5.62. The molecule has 19 heavy (non-hydrogen) atoms. The Balaban J connectivity index is 2.62. The molecule has 0 aliphatic heterocycles. The van der Waals surface area contributed by atoms with Crippen molar-refractivity contribution in [2.75, 3.05) is 13.4 Å². The first-order valence-corrected chi connectivity index (χ1v) is 7.23. The molecule has 0 heterocycles. The molecule has 1 aliphatic rings. The number of rotatable bonds is 3. The second-order valence-corrected chi connectivity index (χ2v) is 5.19. The number of carbonyl (C=O) groups excluding carboxylic acids is 1. The lowest BCUT2D eigenvalue weighted by atomic mass is 9.98. The van der Waals surface area contributed by atoms with E-state index in [0.29, 0.717) is 9.92 Å². The van der Waals surface area contributed by atoms with Crippen molar-refractivity contribution >= 4 is 29.3 Å². The van der Waals surface area contributed by atoms with E-state index < -0.39 is 5.97 Å². The molecule has 0 aromatic heterocycles. The minimum absolute atomic E-state index is 0.0241. The maximum Gasteiger partial charge on any atom is 0.342 e. The molecule has 0 atom stereocenters. The molecular formula is C14H13ClO3S. The highest BCUT2D eigenvalue weighted by Gasteiger charge is 2.24. The zero-order valence-corrected chi connectivity index (χ0v) is 12.1. The van der Waals surface area contributed by atoms with Crippen molar-refractivity contribution in [2.45, 2.75) is 10.8 Å². The van der Waals surface area contributed by atoms with Crippen LogP contribution in [0.25, 0.3) is 0 Å². The van der Waals surface area contributed by atoms with Gasteiger partial charge in [-0.3, -0.25) is 0 Å². The zero-order chi connectivity index (χ0) is 14.0. The molecule has 1 aromatic carbocycles. The fourth-order valence-electron chi connectivity index (χ4n) is 2.01. The number of allylic oxidation sites excluding steroid dienone is 4. The summed E-state index contributed by atoms with van der Waals surface area (Å²) in [6.07, 6.45) is 9.60. The van der Waals surface area contributed by atoms with Crippen LogP contribution >= 0.6 is 23.4 Å². The average molecular weight is 297 g/mol. The predicted molar refractivity (Wildman–Crippen MR) is 77.3 cm³/mol. The smallest absolute Gasteiger partial charge is 0.342 e. The zero-order valence-electron chi connectivity index (χ0n) is 10.5. The van der Waals surface area contributed by atoms with Crippen LogP contribution in [0.4, 0.5) is 0 Å². The van der Waals surface area contributed by atoms with Crippen LogP contribution in [-0.2, 0) is 4.74 Å². The summed E-state index contributed by atoms with van der Waals surface area (Å²) >= 11 is 7.67. The van der Waals surface area contributed by atoms with Gasteiger partial charge in [0.05, 0.1) is 12.1 Å². The summed E-state index contributed by atoms with van der Waals surface area (Å²) < 4.78 is 4.68. The van der Waals surface area contributed by atoms with Crippen LogP contribution in [0.1, 0.15) is 21.8 Å². The summed E-state index contributed by atoms with van der Waals surface area (Å²) in [5, 5.41) is 10.5. The van der Waals surface area contributed by atoms with Crippen molar-refractivity contribution in [3.63, 3.8) is 0 Å². The van der Waals surface area contributed by atoms with E-state index in [-0.39, 0.29) is 17.2 Å². The number of aromatic hydroxyl groups is 1. The van der Waals surface area contributed by atoms with Crippen molar-refractivity contribution in [1.29, 1.82) is 0 Å². The summed E-state index contributed by atoms with van der Waals surface area (Å²) in [6, 6.07) is 1.53. The molecular weight excluding hydrogens is 284 g/mol. The summed E-state index contributed by atoms with van der Waals surface area (Å²) in [5.74, 6) is -0.673. The molecule has 1 N–H and O–H groups in total. The highest BCUT2D eigenvalue weighted by atomic mass is 35.5. The van der Waals surface area contributed by atoms with Gasteiger partial charge >= 0.3 is 5.97 Å². The lowest BCUT2D eigenvalue weighted by Gasteiger charge is -2.16. The largest absolute Gasteiger partial charge is 0.507 e. The number of hydrogen-bond acceptors (Lipinski definition) is 4. The van der Waals surface area contributed by atoms with E-state index in [4.69, 9.17) is 11.6 Å². The highest BCUT2D eigenvalue weighted by Crippen LogP contribution is 2.42. The summed E-state index contributed by atoms with van der Waals surface area (Å²) in [4.78, 5) is 12.3. The van der Waals surface area contributed by atoms with Crippen LogP contribution in [0.5, 0.6) is 5.75 Å². The Kier molecular flexibility index (Phi) is 4.22. The highest BCUT2D eigenvalue weighted by molar-refractivity contribution is 7.98. The molecule has 0 spiro atoms. The minimum Gasteiger partial charge on any atom is -0.507 e. The molecule has 1 aliphatic carbocycles. The minimum atomic E-state index is -0.590. The van der Waals surface area contributed by atoms with Crippen LogP contribution in [-0.4, -0.2) is 24.4 Å². The number of carbonyl (C=O) groups is 1. The molecule has 5 heteroatoms. The van der Waals surface area contributed by atoms with Gasteiger partial charge in [-0.25, -0.2) is 4.79 Å². The van der Waals surface area contributed by atoms with E-state index in [0.717, 1.165) is 5.56 Å². The summed E-state index contributed by atoms with van der Waals surface area (Å²) in [6.45, 7) is 0. The van der Waals surface area contributed by atoms with Crippen LogP contribution in [0.2, 0.25) is 5.02 Å². The van der Waals surface area contributed by atoms with Gasteiger partial charge in [-0.15, -0.1) is 11.8 Å². The molecule has 0 fully saturated rings. The molecule has 0 unspecified atom stereocenters. The number of benzene rings is 1. The van der Waals surface area contributed by atoms with Gasteiger partial charge in [0.2, 0.25) is 0 Å². The molecule has 0 amide bonds. The van der Waals surface area contributed by atoms with E-state index in [2.05, 4.69) is 4.74 Å². The number of thioether (sulfide) groups is 1. The Morgan fingerprint density at radius 2 is 2.05 bits per heavy atom. The number of halogens is 1. The lowest BCUT2D eigenvalue weighted by molar-refractivity contribution is 0.0593. The fourth-order valence-corrected chi connectivity index (χ4v) is 3.21. The standard InChI is InChI=1S/C14H13ClO3S/c1-18-14(17)11-10(16)7-9(8-5-3-4-6-8)12(15)13(11)19-2/h3-8,16H,1-2H3. The van der Waals surface area contributed by atoms with E-state index in [9.17, 15) is 9.90 Å². The Morgan fingerprint density at radius 1 is 1.42 bits per heavy atom. The van der Waals surface area contributed by atoms with Crippen LogP contribution in [0, 0.1) is 0 Å². The third kappa shape index (κ3) is 2.51. The molecule has 2 rings (SSSR count). The molecule has 0 saturated carbocycles. The number of phenols is 1. The summed E-state index contributed by atoms with van der Waals surface area (Å²) in [5.41, 5.74) is 0.899. The van der Waals surface area contributed by atoms with Crippen LogP contribution in [0.3, 0.4) is 0 Å². The number of ether oxygens (including phenoxy) is 1. The van der Waals surface area contributed by atoms with E-state index in [1.165, 1.54) is 24.9 Å². The van der Waals surface area contributed by atoms with Gasteiger partial charge in [0.15, 0.2) is 0 Å². The van der Waals surface area contributed by atoms with E-state index >= 15 is 0 Å². The lowest BCUT2D eigenvalue weighted by Crippen LogP contribution is -2.06. The van der Waals surface area contributed by atoms with Crippen molar-refractivity contribution in [2.24, 2.45) is 0 Å². The number of hydrogen-bond donors (Lipinski definition) is 1. The van der Waals surface area contributed by atoms with Gasteiger partial charge in [-0.2, -0.15) is 0 Å². The van der Waals surface area contributed by atoms with Crippen molar-refractivity contribution in [3.05, 3.63) is 46.5 Å². The molecule has 0 bridgehead atoms. The molecule has 1 aromatic rings. The number of esters is 1. The molecule has 0 saturated heterocycles. The van der Waals surface area contributed by atoms with Gasteiger partial charge in [0.1, 0.15) is 11.3 Å². The van der Waals surface area contributed by atoms with Crippen LogP contribution < -0.4 is 0 Å². The SMILES string of the molecule is COC(=O)c1c(O)cc(C2C=CC=C2)c(Cl)c1SC. The normalized spacial score (nSPS) is 14.1. The quantitative estimate of drug-likeness (QED) is 0.681. The average Bonchev–Trinajstić information content (AvgIpc) is 2.93. The Bertz CT molecular complexity index is 567. The first-order chi connectivity index (χ1) is 9.10. The van der Waals surface area contributed by atoms with Gasteiger partial charge in [-0.05, 0) is 17.9 Å². The van der Waals surface area contributed by atoms with E-state index in [1.807, 2.05) is 24.3 Å². The number of phenolic OH excluding ortho intramolecular Hbond substituents is 1. The number of methoxy groups -OCH3 is 1. The maximum atomic E-state index is 11.7. The van der Waals surface area contributed by atoms with E-state index in [1.54, 1.807) is 6.26 Å². The van der Waals surface area contributed by atoms with Gasteiger partial charge in [0, 0.05) is 10.8 Å². The Morgan fingerprint density at radius 3 is 2.58 bits per heavy atom. The van der Waals surface area contributed by atoms with Crippen molar-refractivity contribution < 1.29 is 14.6 Å². The van der Waals surface area contributed by atoms with Crippen molar-refractivity contribution in [1.82, 2.24) is 0 Å². The topological polar surface area (TPSA) is 46.5 Å². The molecule has 100 valence electrons. The third-order valence-electron chi connectivity index (χ3n) is 2.93. The second-order valence-electron chi connectivity index (χ2n) is 3.99. The third-order valence-corrected chi connectivity index (χ3v) is 4.26. The van der Waals surface area contributed by atoms with Crippen molar-refractivity contribution in [3.8, 4) is 5.75 Å². The first kappa shape index (κ1) is 14.0. The van der Waals surface area contributed by atoms with Gasteiger partial charge in [-0.1, -0.05) is 35.9 Å². The Labute approximate surface area is 120 Å². The van der Waals surface area contributed by atoms with Gasteiger partial charge < -0.3 is 9.84 Å². The Hall–Kier alpha value is -1.39. The summed E-state index contributed by atoms with van der Waals surface area (Å²) in [7, 11) is 1.27. The predicted octanol–water partition coefficient (Wildman–Crippen LogP) is 3.76. The van der Waals surface area contributed by atoms with Crippen LogP contribution in [0.15, 0.2) is 35.3 Å². The second kappa shape index (κ2) is 5.72. The molecule has 3 nitrogen and oxygen atoms in total. The monoisotopic (exact) mass is 296 g/mol. The molecule has 0 radical (unpaired) electrons. The maximum absolute atomic E-state index is 11.7.